The highest BCUT2D eigenvalue weighted by Crippen LogP contribution is 2.25. The number of halogens is 4. The van der Waals surface area contributed by atoms with Gasteiger partial charge in [0, 0.05) is 32.7 Å². The molecule has 0 atom stereocenters. The second kappa shape index (κ2) is 8.72. The number of aromatic nitrogens is 2. The van der Waals surface area contributed by atoms with Gasteiger partial charge in [-0.05, 0) is 18.6 Å². The van der Waals surface area contributed by atoms with E-state index < -0.39 is 36.7 Å². The van der Waals surface area contributed by atoms with Crippen molar-refractivity contribution < 1.29 is 22.4 Å². The summed E-state index contributed by atoms with van der Waals surface area (Å²) in [6.45, 7) is 4.56. The van der Waals surface area contributed by atoms with Crippen molar-refractivity contribution >= 4 is 5.91 Å². The minimum Gasteiger partial charge on any atom is -0.339 e. The van der Waals surface area contributed by atoms with E-state index in [1.807, 2.05) is 19.1 Å². The largest absolute Gasteiger partial charge is 0.339 e. The summed E-state index contributed by atoms with van der Waals surface area (Å²) in [4.78, 5) is 16.2. The fourth-order valence-electron chi connectivity index (χ4n) is 3.31. The number of rotatable bonds is 6. The van der Waals surface area contributed by atoms with Gasteiger partial charge in [-0.2, -0.15) is 5.10 Å². The molecule has 1 amide bonds. The first-order valence-electron chi connectivity index (χ1n) is 9.03. The predicted molar refractivity (Wildman–Crippen MR) is 95.2 cm³/mol. The average Bonchev–Trinajstić information content (AvgIpc) is 3.07. The molecule has 0 aliphatic carbocycles. The fourth-order valence-corrected chi connectivity index (χ4v) is 3.31. The maximum atomic E-state index is 13.0. The highest BCUT2D eigenvalue weighted by Gasteiger charge is 2.26. The Labute approximate surface area is 160 Å². The average molecular weight is 398 g/mol. The van der Waals surface area contributed by atoms with Gasteiger partial charge < -0.3 is 4.90 Å². The quantitative estimate of drug-likeness (QED) is 0.701. The Kier molecular flexibility index (Phi) is 6.33. The lowest BCUT2D eigenvalue weighted by atomic mass is 10.1. The summed E-state index contributed by atoms with van der Waals surface area (Å²) in [5, 5.41) is 3.47. The van der Waals surface area contributed by atoms with Crippen molar-refractivity contribution in [3.8, 4) is 0 Å². The van der Waals surface area contributed by atoms with Crippen LogP contribution in [0.3, 0.4) is 0 Å². The van der Waals surface area contributed by atoms with Gasteiger partial charge >= 0.3 is 0 Å². The number of benzene rings is 1. The Bertz CT molecular complexity index is 816. The smallest absolute Gasteiger partial charge is 0.282 e. The van der Waals surface area contributed by atoms with Crippen molar-refractivity contribution in [1.82, 2.24) is 19.6 Å². The van der Waals surface area contributed by atoms with Crippen LogP contribution in [0.5, 0.6) is 0 Å². The lowest BCUT2D eigenvalue weighted by Crippen LogP contribution is -2.49. The van der Waals surface area contributed by atoms with Gasteiger partial charge in [0.1, 0.15) is 17.9 Å². The minimum atomic E-state index is -2.97. The van der Waals surface area contributed by atoms with Gasteiger partial charge in [0.15, 0.2) is 0 Å². The molecule has 1 aromatic heterocycles. The first-order chi connectivity index (χ1) is 13.3. The molecule has 28 heavy (non-hydrogen) atoms. The zero-order valence-electron chi connectivity index (χ0n) is 15.5. The van der Waals surface area contributed by atoms with Crippen molar-refractivity contribution in [3.05, 3.63) is 52.8 Å². The lowest BCUT2D eigenvalue weighted by molar-refractivity contribution is -0.134. The van der Waals surface area contributed by atoms with Crippen molar-refractivity contribution in [2.45, 2.75) is 32.9 Å². The van der Waals surface area contributed by atoms with E-state index in [1.165, 1.54) is 11.1 Å². The molecule has 1 fully saturated rings. The molecule has 0 bridgehead atoms. The van der Waals surface area contributed by atoms with Crippen LogP contribution in [0, 0.1) is 6.92 Å². The number of nitrogens with zero attached hydrogens (tertiary/aromatic N) is 4. The third kappa shape index (κ3) is 4.89. The highest BCUT2D eigenvalue weighted by atomic mass is 19.3. The molecule has 1 saturated heterocycles. The number of hydrogen-bond acceptors (Lipinski definition) is 3. The predicted octanol–water partition coefficient (Wildman–Crippen LogP) is 3.41. The van der Waals surface area contributed by atoms with E-state index >= 15 is 0 Å². The highest BCUT2D eigenvalue weighted by molar-refractivity contribution is 5.76. The molecule has 9 heteroatoms. The van der Waals surface area contributed by atoms with Crippen LogP contribution < -0.4 is 0 Å². The second-order valence-electron chi connectivity index (χ2n) is 6.90. The van der Waals surface area contributed by atoms with E-state index in [1.54, 1.807) is 4.90 Å². The Morgan fingerprint density at radius 2 is 1.79 bits per heavy atom. The molecule has 1 aliphatic rings. The SMILES string of the molecule is Cc1cccc(CN2CCN(C(=O)Cn3nc(C(F)F)cc3C(F)F)CC2)c1. The molecule has 0 radical (unpaired) electrons. The van der Waals surface area contributed by atoms with Crippen LogP contribution in [0.15, 0.2) is 30.3 Å². The molecule has 0 saturated carbocycles. The minimum absolute atomic E-state index is 0.402. The van der Waals surface area contributed by atoms with Crippen LogP contribution in [0.4, 0.5) is 17.6 Å². The number of carbonyl (C=O) groups excluding carboxylic acids is 1. The number of carbonyl (C=O) groups is 1. The van der Waals surface area contributed by atoms with E-state index in [9.17, 15) is 22.4 Å². The Morgan fingerprint density at radius 3 is 2.39 bits per heavy atom. The van der Waals surface area contributed by atoms with E-state index in [0.717, 1.165) is 6.54 Å². The molecule has 0 unspecified atom stereocenters. The summed E-state index contributed by atoms with van der Waals surface area (Å²) < 4.78 is 52.3. The first-order valence-corrected chi connectivity index (χ1v) is 9.03. The van der Waals surface area contributed by atoms with Crippen LogP contribution in [0.25, 0.3) is 0 Å². The number of aryl methyl sites for hydroxylation is 1. The maximum absolute atomic E-state index is 13.0. The number of hydrogen-bond donors (Lipinski definition) is 0. The van der Waals surface area contributed by atoms with E-state index in [4.69, 9.17) is 0 Å². The van der Waals surface area contributed by atoms with Gasteiger partial charge in [0.05, 0.1) is 0 Å². The Morgan fingerprint density at radius 1 is 1.07 bits per heavy atom. The van der Waals surface area contributed by atoms with Gasteiger partial charge in [-0.3, -0.25) is 14.4 Å². The molecule has 2 heterocycles. The normalized spacial score (nSPS) is 15.6. The lowest BCUT2D eigenvalue weighted by Gasteiger charge is -2.34. The fraction of sp³-hybridized carbons (Fsp3) is 0.474. The van der Waals surface area contributed by atoms with Gasteiger partial charge in [-0.15, -0.1) is 0 Å². The molecule has 5 nitrogen and oxygen atoms in total. The van der Waals surface area contributed by atoms with Crippen molar-refractivity contribution in [2.75, 3.05) is 26.2 Å². The number of amides is 1. The van der Waals surface area contributed by atoms with Crippen LogP contribution in [0.2, 0.25) is 0 Å². The zero-order chi connectivity index (χ0) is 20.3. The third-order valence-electron chi connectivity index (χ3n) is 4.78. The molecule has 152 valence electrons. The zero-order valence-corrected chi connectivity index (χ0v) is 15.5. The van der Waals surface area contributed by atoms with Crippen LogP contribution in [-0.2, 0) is 17.9 Å². The van der Waals surface area contributed by atoms with E-state index in [2.05, 4.69) is 22.1 Å². The van der Waals surface area contributed by atoms with Gasteiger partial charge in [0.2, 0.25) is 5.91 Å². The van der Waals surface area contributed by atoms with E-state index in [0.29, 0.717) is 36.9 Å². The first kappa shape index (κ1) is 20.3. The monoisotopic (exact) mass is 398 g/mol. The molecule has 1 aliphatic heterocycles. The summed E-state index contributed by atoms with van der Waals surface area (Å²) >= 11 is 0. The molecule has 3 rings (SSSR count). The number of alkyl halides is 4. The van der Waals surface area contributed by atoms with Crippen LogP contribution in [-0.4, -0.2) is 51.7 Å². The van der Waals surface area contributed by atoms with Gasteiger partial charge in [-0.25, -0.2) is 17.6 Å². The Balaban J connectivity index is 1.57. The van der Waals surface area contributed by atoms with Crippen molar-refractivity contribution in [2.24, 2.45) is 0 Å². The van der Waals surface area contributed by atoms with Gasteiger partial charge in [0.25, 0.3) is 12.9 Å². The molecular formula is C19H22F4N4O. The van der Waals surface area contributed by atoms with E-state index in [-0.39, 0.29) is 0 Å². The summed E-state index contributed by atoms with van der Waals surface area (Å²) in [5.74, 6) is -0.402. The van der Waals surface area contributed by atoms with Crippen molar-refractivity contribution in [1.29, 1.82) is 0 Å². The van der Waals surface area contributed by atoms with Gasteiger partial charge in [-0.1, -0.05) is 29.8 Å². The Hall–Kier alpha value is -2.42. The molecule has 0 N–H and O–H groups in total. The topological polar surface area (TPSA) is 41.4 Å². The van der Waals surface area contributed by atoms with Crippen molar-refractivity contribution in [3.63, 3.8) is 0 Å². The summed E-state index contributed by atoms with van der Waals surface area (Å²) in [6.07, 6.45) is -5.93. The summed E-state index contributed by atoms with van der Waals surface area (Å²) in [5.41, 5.74) is 0.966. The molecular weight excluding hydrogens is 376 g/mol. The standard InChI is InChI=1S/C19H22F4N4O/c1-13-3-2-4-14(9-13)11-25-5-7-26(8-6-25)17(28)12-27-16(19(22)23)10-15(24-27)18(20)21/h2-4,9-10,18-19H,5-8,11-12H2,1H3. The van der Waals surface area contributed by atoms with Crippen LogP contribution >= 0.6 is 0 Å². The molecule has 0 spiro atoms. The number of piperazine rings is 1. The van der Waals surface area contributed by atoms with Crippen LogP contribution in [0.1, 0.15) is 35.4 Å². The summed E-state index contributed by atoms with van der Waals surface area (Å²) in [6, 6.07) is 8.85. The maximum Gasteiger partial charge on any atom is 0.282 e. The second-order valence-corrected chi connectivity index (χ2v) is 6.90. The molecule has 2 aromatic rings. The third-order valence-corrected chi connectivity index (χ3v) is 4.78. The summed E-state index contributed by atoms with van der Waals surface area (Å²) in [7, 11) is 0. The molecule has 1 aromatic carbocycles.